The van der Waals surface area contributed by atoms with E-state index < -0.39 is 39.2 Å². The Bertz CT molecular complexity index is 1860. The van der Waals surface area contributed by atoms with Crippen molar-refractivity contribution in [2.45, 2.75) is 44.7 Å². The van der Waals surface area contributed by atoms with Gasteiger partial charge >= 0.3 is 12.1 Å². The van der Waals surface area contributed by atoms with Gasteiger partial charge in [-0.1, -0.05) is 42.5 Å². The molecular weight excluding hydrogens is 603 g/mol. The lowest BCUT2D eigenvalue weighted by molar-refractivity contribution is 0.0511. The van der Waals surface area contributed by atoms with Gasteiger partial charge in [-0.25, -0.2) is 22.4 Å². The van der Waals surface area contributed by atoms with Crippen LogP contribution in [0.2, 0.25) is 0 Å². The summed E-state index contributed by atoms with van der Waals surface area (Å²) in [7, 11) is -3.59. The Kier molecular flexibility index (Phi) is 9.72. The molecule has 0 saturated carbocycles. The van der Waals surface area contributed by atoms with E-state index in [1.165, 1.54) is 18.2 Å². The zero-order valence-electron chi connectivity index (χ0n) is 25.4. The van der Waals surface area contributed by atoms with Crippen LogP contribution in [0.1, 0.15) is 54.2 Å². The number of alkyl carbamates (subject to hydrolysis) is 1. The molecule has 11 nitrogen and oxygen atoms in total. The molecule has 0 aliphatic heterocycles. The SMILES string of the molecule is CCOC(=O)c1[nH]nc(C(=O)Nc2ccc(-c3ccccc3S(C)(=O)=O)cc2F)c1-c1cccc(CNC(=O)OC(C)(C)C)c1. The van der Waals surface area contributed by atoms with Crippen LogP contribution in [0.3, 0.4) is 0 Å². The van der Waals surface area contributed by atoms with Gasteiger partial charge in [0.2, 0.25) is 0 Å². The lowest BCUT2D eigenvalue weighted by Crippen LogP contribution is -2.32. The molecule has 0 unspecified atom stereocenters. The molecule has 3 aromatic carbocycles. The van der Waals surface area contributed by atoms with Gasteiger partial charge in [0.05, 0.1) is 17.2 Å². The van der Waals surface area contributed by atoms with Crippen molar-refractivity contribution in [3.8, 4) is 22.3 Å². The van der Waals surface area contributed by atoms with E-state index in [2.05, 4.69) is 20.8 Å². The monoisotopic (exact) mass is 636 g/mol. The lowest BCUT2D eigenvalue weighted by atomic mass is 10.00. The summed E-state index contributed by atoms with van der Waals surface area (Å²) in [6.45, 7) is 7.02. The molecular formula is C32H33FN4O7S. The number of nitrogens with one attached hydrogen (secondary N) is 3. The second-order valence-electron chi connectivity index (χ2n) is 11.0. The molecule has 0 bridgehead atoms. The average molecular weight is 637 g/mol. The van der Waals surface area contributed by atoms with E-state index in [1.54, 1.807) is 70.2 Å². The van der Waals surface area contributed by atoms with Gasteiger partial charge in [-0.05, 0) is 68.7 Å². The summed E-state index contributed by atoms with van der Waals surface area (Å²) < 4.78 is 50.2. The topological polar surface area (TPSA) is 157 Å². The number of esters is 1. The molecule has 0 atom stereocenters. The van der Waals surface area contributed by atoms with E-state index >= 15 is 4.39 Å². The number of rotatable bonds is 9. The number of nitrogens with zero attached hydrogens (tertiary/aromatic N) is 1. The molecule has 4 aromatic rings. The van der Waals surface area contributed by atoms with Gasteiger partial charge in [0.1, 0.15) is 11.4 Å². The minimum Gasteiger partial charge on any atom is -0.461 e. The van der Waals surface area contributed by atoms with Gasteiger partial charge in [0.15, 0.2) is 21.2 Å². The van der Waals surface area contributed by atoms with Crippen molar-refractivity contribution in [2.75, 3.05) is 18.2 Å². The number of carbonyl (C=O) groups excluding carboxylic acids is 3. The van der Waals surface area contributed by atoms with Crippen LogP contribution in [0.25, 0.3) is 22.3 Å². The maximum Gasteiger partial charge on any atom is 0.407 e. The summed E-state index contributed by atoms with van der Waals surface area (Å²) in [5.41, 5.74) is 0.602. The third-order valence-electron chi connectivity index (χ3n) is 6.33. The molecule has 0 aliphatic rings. The summed E-state index contributed by atoms with van der Waals surface area (Å²) in [5.74, 6) is -2.39. The Morgan fingerprint density at radius 3 is 2.38 bits per heavy atom. The third kappa shape index (κ3) is 8.12. The lowest BCUT2D eigenvalue weighted by Gasteiger charge is -2.19. The fourth-order valence-electron chi connectivity index (χ4n) is 4.46. The molecule has 3 N–H and O–H groups in total. The van der Waals surface area contributed by atoms with Gasteiger partial charge in [0, 0.05) is 23.9 Å². The predicted octanol–water partition coefficient (Wildman–Crippen LogP) is 5.74. The molecule has 45 heavy (non-hydrogen) atoms. The van der Waals surface area contributed by atoms with Crippen molar-refractivity contribution in [1.29, 1.82) is 0 Å². The molecule has 4 rings (SSSR count). The predicted molar refractivity (Wildman–Crippen MR) is 166 cm³/mol. The normalized spacial score (nSPS) is 11.5. The zero-order valence-corrected chi connectivity index (χ0v) is 26.2. The highest BCUT2D eigenvalue weighted by atomic mass is 32.2. The van der Waals surface area contributed by atoms with Crippen LogP contribution in [0.15, 0.2) is 71.6 Å². The van der Waals surface area contributed by atoms with Crippen molar-refractivity contribution in [3.63, 3.8) is 0 Å². The highest BCUT2D eigenvalue weighted by molar-refractivity contribution is 7.90. The fraction of sp³-hybridized carbons (Fsp3) is 0.250. The smallest absolute Gasteiger partial charge is 0.407 e. The number of aromatic nitrogens is 2. The highest BCUT2D eigenvalue weighted by Crippen LogP contribution is 2.32. The Morgan fingerprint density at radius 1 is 0.978 bits per heavy atom. The van der Waals surface area contributed by atoms with E-state index in [-0.39, 0.29) is 40.7 Å². The van der Waals surface area contributed by atoms with Gasteiger partial charge in [-0.2, -0.15) is 5.10 Å². The van der Waals surface area contributed by atoms with E-state index in [0.29, 0.717) is 22.3 Å². The van der Waals surface area contributed by atoms with Crippen LogP contribution < -0.4 is 10.6 Å². The maximum atomic E-state index is 15.3. The van der Waals surface area contributed by atoms with Crippen molar-refractivity contribution in [1.82, 2.24) is 15.5 Å². The Morgan fingerprint density at radius 2 is 1.71 bits per heavy atom. The number of benzene rings is 3. The van der Waals surface area contributed by atoms with Crippen LogP contribution in [0, 0.1) is 5.82 Å². The van der Waals surface area contributed by atoms with Gasteiger partial charge in [0.25, 0.3) is 5.91 Å². The summed E-state index contributed by atoms with van der Waals surface area (Å²) in [5, 5.41) is 11.8. The number of anilines is 1. The van der Waals surface area contributed by atoms with E-state index in [9.17, 15) is 22.8 Å². The first-order valence-corrected chi connectivity index (χ1v) is 15.8. The molecule has 0 aliphatic carbocycles. The van der Waals surface area contributed by atoms with Crippen LogP contribution in [-0.4, -0.2) is 55.0 Å². The van der Waals surface area contributed by atoms with Crippen LogP contribution in [0.5, 0.6) is 0 Å². The molecule has 0 spiro atoms. The average Bonchev–Trinajstić information content (AvgIpc) is 3.42. The van der Waals surface area contributed by atoms with Crippen LogP contribution >= 0.6 is 0 Å². The molecule has 0 saturated heterocycles. The van der Waals surface area contributed by atoms with Crippen molar-refractivity contribution >= 4 is 33.5 Å². The molecule has 13 heteroatoms. The van der Waals surface area contributed by atoms with Crippen LogP contribution in [0.4, 0.5) is 14.9 Å². The highest BCUT2D eigenvalue weighted by Gasteiger charge is 2.27. The Balaban J connectivity index is 1.65. The maximum absolute atomic E-state index is 15.3. The number of hydrogen-bond acceptors (Lipinski definition) is 8. The van der Waals surface area contributed by atoms with Crippen molar-refractivity contribution in [2.24, 2.45) is 0 Å². The number of H-pyrrole nitrogens is 1. The number of hydrogen-bond donors (Lipinski definition) is 3. The second-order valence-corrected chi connectivity index (χ2v) is 13.0. The molecule has 1 heterocycles. The Labute approximate surface area is 260 Å². The number of halogens is 1. The summed E-state index contributed by atoms with van der Waals surface area (Å²) in [6.07, 6.45) is 0.451. The minimum absolute atomic E-state index is 0.0392. The number of ether oxygens (including phenoxy) is 2. The number of aromatic amines is 1. The second kappa shape index (κ2) is 13.3. The number of amides is 2. The van der Waals surface area contributed by atoms with Gasteiger partial charge in [-0.3, -0.25) is 9.89 Å². The molecule has 1 aromatic heterocycles. The molecule has 236 valence electrons. The number of sulfone groups is 1. The molecule has 0 fully saturated rings. The zero-order chi connectivity index (χ0) is 32.9. The van der Waals surface area contributed by atoms with Crippen molar-refractivity contribution in [3.05, 3.63) is 89.5 Å². The quantitative estimate of drug-likeness (QED) is 0.196. The van der Waals surface area contributed by atoms with E-state index in [4.69, 9.17) is 9.47 Å². The standard InChI is InChI=1S/C32H33FN4O7S/c1-6-43-30(39)28-26(21-11-9-10-19(16-21)18-34-31(40)44-32(2,3)4)27(36-37-28)29(38)35-24-15-14-20(17-23(24)33)22-12-7-8-13-25(22)45(5,41)42/h7-17H,6,18H2,1-5H3,(H,34,40)(H,35,38)(H,36,37). The van der Waals surface area contributed by atoms with Gasteiger partial charge < -0.3 is 20.1 Å². The van der Waals surface area contributed by atoms with E-state index in [0.717, 1.165) is 12.3 Å². The summed E-state index contributed by atoms with van der Waals surface area (Å²) in [6, 6.07) is 16.9. The minimum atomic E-state index is -3.59. The van der Waals surface area contributed by atoms with Crippen LogP contribution in [-0.2, 0) is 25.9 Å². The molecule has 0 radical (unpaired) electrons. The first kappa shape index (κ1) is 32.9. The van der Waals surface area contributed by atoms with Gasteiger partial charge in [-0.15, -0.1) is 0 Å². The largest absolute Gasteiger partial charge is 0.461 e. The number of carbonyl (C=O) groups is 3. The fourth-order valence-corrected chi connectivity index (χ4v) is 5.37. The summed E-state index contributed by atoms with van der Waals surface area (Å²) in [4.78, 5) is 38.4. The third-order valence-corrected chi connectivity index (χ3v) is 7.48. The molecule has 2 amide bonds. The Hall–Kier alpha value is -5.04. The van der Waals surface area contributed by atoms with Crippen molar-refractivity contribution < 1.29 is 36.7 Å². The first-order valence-electron chi connectivity index (χ1n) is 13.9. The van der Waals surface area contributed by atoms with E-state index in [1.807, 2.05) is 0 Å². The summed E-state index contributed by atoms with van der Waals surface area (Å²) >= 11 is 0. The first-order chi connectivity index (χ1) is 21.2.